The molecule has 0 aliphatic carbocycles. The van der Waals surface area contributed by atoms with Gasteiger partial charge in [0.1, 0.15) is 12.1 Å². The predicted octanol–water partition coefficient (Wildman–Crippen LogP) is 3.07. The van der Waals surface area contributed by atoms with Crippen LogP contribution in [0.15, 0.2) is 55.1 Å². The molecular weight excluding hydrogens is 392 g/mol. The molecule has 2 aromatic carbocycles. The van der Waals surface area contributed by atoms with Crippen molar-refractivity contribution in [3.05, 3.63) is 60.7 Å². The van der Waals surface area contributed by atoms with Gasteiger partial charge < -0.3 is 14.4 Å². The molecule has 2 aliphatic heterocycles. The second kappa shape index (κ2) is 7.55. The Bertz CT molecular complexity index is 1220. The van der Waals surface area contributed by atoms with Crippen molar-refractivity contribution in [2.24, 2.45) is 0 Å². The summed E-state index contributed by atoms with van der Waals surface area (Å²) in [6.07, 6.45) is 5.40. The van der Waals surface area contributed by atoms with Crippen molar-refractivity contribution in [2.75, 3.05) is 37.9 Å². The summed E-state index contributed by atoms with van der Waals surface area (Å²) in [6.45, 7) is 5.01. The molecule has 4 aromatic rings. The number of H-pyrrole nitrogens is 1. The third-order valence-electron chi connectivity index (χ3n) is 5.96. The van der Waals surface area contributed by atoms with Crippen LogP contribution in [0.3, 0.4) is 0 Å². The highest BCUT2D eigenvalue weighted by molar-refractivity contribution is 5.92. The number of nitrogens with one attached hydrogen (secondary N) is 1. The second-order valence-electron chi connectivity index (χ2n) is 7.87. The summed E-state index contributed by atoms with van der Waals surface area (Å²) >= 11 is 0. The van der Waals surface area contributed by atoms with E-state index in [2.05, 4.69) is 60.3 Å². The van der Waals surface area contributed by atoms with E-state index in [-0.39, 0.29) is 0 Å². The van der Waals surface area contributed by atoms with Crippen molar-refractivity contribution in [2.45, 2.75) is 6.54 Å². The van der Waals surface area contributed by atoms with E-state index in [4.69, 9.17) is 9.47 Å². The molecule has 0 saturated carbocycles. The Morgan fingerprint density at radius 3 is 2.68 bits per heavy atom. The number of aromatic nitrogens is 4. The molecule has 156 valence electrons. The molecule has 0 unspecified atom stereocenters. The summed E-state index contributed by atoms with van der Waals surface area (Å²) in [5.41, 5.74) is 4.37. The molecule has 0 amide bonds. The van der Waals surface area contributed by atoms with Crippen LogP contribution >= 0.6 is 0 Å². The molecule has 1 N–H and O–H groups in total. The van der Waals surface area contributed by atoms with Crippen LogP contribution in [0.2, 0.25) is 0 Å². The molecule has 1 fully saturated rings. The van der Waals surface area contributed by atoms with E-state index in [1.165, 1.54) is 5.56 Å². The van der Waals surface area contributed by atoms with Gasteiger partial charge >= 0.3 is 0 Å². The molecule has 0 atom stereocenters. The molecule has 2 aliphatic rings. The molecule has 8 heteroatoms. The number of nitrogens with zero attached hydrogens (tertiary/aromatic N) is 5. The van der Waals surface area contributed by atoms with Gasteiger partial charge in [-0.1, -0.05) is 12.1 Å². The Kier molecular flexibility index (Phi) is 4.42. The first-order valence-electron chi connectivity index (χ1n) is 10.4. The smallest absolute Gasteiger partial charge is 0.231 e. The van der Waals surface area contributed by atoms with Crippen LogP contribution in [0, 0.1) is 0 Å². The lowest BCUT2D eigenvalue weighted by molar-refractivity contribution is 0.174. The summed E-state index contributed by atoms with van der Waals surface area (Å²) in [5, 5.41) is 8.02. The van der Waals surface area contributed by atoms with E-state index in [0.29, 0.717) is 6.79 Å². The van der Waals surface area contributed by atoms with Gasteiger partial charge in [-0.15, -0.1) is 0 Å². The van der Waals surface area contributed by atoms with E-state index >= 15 is 0 Å². The summed E-state index contributed by atoms with van der Waals surface area (Å²) in [4.78, 5) is 13.9. The summed E-state index contributed by atoms with van der Waals surface area (Å²) in [6, 6.07) is 12.5. The quantitative estimate of drug-likeness (QED) is 0.550. The van der Waals surface area contributed by atoms with Crippen molar-refractivity contribution in [3.63, 3.8) is 0 Å². The van der Waals surface area contributed by atoms with Crippen LogP contribution < -0.4 is 14.4 Å². The molecule has 2 aromatic heterocycles. The zero-order valence-electron chi connectivity index (χ0n) is 17.0. The van der Waals surface area contributed by atoms with Gasteiger partial charge in [-0.05, 0) is 35.4 Å². The van der Waals surface area contributed by atoms with Gasteiger partial charge in [-0.3, -0.25) is 10.00 Å². The zero-order valence-corrected chi connectivity index (χ0v) is 17.0. The molecule has 6 rings (SSSR count). The maximum absolute atomic E-state index is 5.51. The second-order valence-corrected chi connectivity index (χ2v) is 7.87. The largest absolute Gasteiger partial charge is 0.454 e. The number of ether oxygens (including phenoxy) is 2. The van der Waals surface area contributed by atoms with Gasteiger partial charge in [0.15, 0.2) is 11.5 Å². The number of fused-ring (bicyclic) bond motifs is 2. The lowest BCUT2D eigenvalue weighted by Gasteiger charge is -2.35. The standard InChI is InChI=1S/C23H22N6O2/c1-4-21-22(31-15-30-21)9-16(1)13-28-5-7-29(8-6-28)23-19-10-17(18-11-26-27-12-18)2-3-20(19)24-14-25-23/h1-4,9-12,14H,5-8,13,15H2,(H,26,27). The van der Waals surface area contributed by atoms with Crippen LogP contribution in [0.1, 0.15) is 5.56 Å². The van der Waals surface area contributed by atoms with Crippen molar-refractivity contribution in [1.29, 1.82) is 0 Å². The first-order valence-corrected chi connectivity index (χ1v) is 10.4. The summed E-state index contributed by atoms with van der Waals surface area (Å²) < 4.78 is 10.9. The number of hydrogen-bond acceptors (Lipinski definition) is 7. The molecule has 31 heavy (non-hydrogen) atoms. The van der Waals surface area contributed by atoms with Gasteiger partial charge in [0.25, 0.3) is 0 Å². The van der Waals surface area contributed by atoms with Crippen LogP contribution in [0.5, 0.6) is 11.5 Å². The third kappa shape index (κ3) is 3.44. The lowest BCUT2D eigenvalue weighted by atomic mass is 10.1. The molecule has 4 heterocycles. The van der Waals surface area contributed by atoms with Crippen molar-refractivity contribution < 1.29 is 9.47 Å². The Morgan fingerprint density at radius 1 is 0.903 bits per heavy atom. The molecule has 8 nitrogen and oxygen atoms in total. The monoisotopic (exact) mass is 414 g/mol. The first kappa shape index (κ1) is 18.1. The van der Waals surface area contributed by atoms with E-state index < -0.39 is 0 Å². The number of aromatic amines is 1. The summed E-state index contributed by atoms with van der Waals surface area (Å²) in [7, 11) is 0. The van der Waals surface area contributed by atoms with Crippen LogP contribution in [-0.4, -0.2) is 58.0 Å². The highest BCUT2D eigenvalue weighted by Gasteiger charge is 2.21. The summed E-state index contributed by atoms with van der Waals surface area (Å²) in [5.74, 6) is 2.68. The average molecular weight is 414 g/mol. The third-order valence-corrected chi connectivity index (χ3v) is 5.96. The molecule has 0 bridgehead atoms. The maximum Gasteiger partial charge on any atom is 0.231 e. The fraction of sp³-hybridized carbons (Fsp3) is 0.261. The van der Waals surface area contributed by atoms with E-state index in [9.17, 15) is 0 Å². The molecule has 1 saturated heterocycles. The number of benzene rings is 2. The number of hydrogen-bond donors (Lipinski definition) is 1. The molecular formula is C23H22N6O2. The Labute approximate surface area is 179 Å². The normalized spacial score (nSPS) is 16.2. The van der Waals surface area contributed by atoms with E-state index in [0.717, 1.165) is 72.1 Å². The number of piperazine rings is 1. The minimum Gasteiger partial charge on any atom is -0.454 e. The Balaban J connectivity index is 1.19. The van der Waals surface area contributed by atoms with Crippen molar-refractivity contribution in [1.82, 2.24) is 25.1 Å². The van der Waals surface area contributed by atoms with Crippen molar-refractivity contribution in [3.8, 4) is 22.6 Å². The SMILES string of the molecule is c1nc(N2CCN(Cc3ccc4c(c3)OCO4)CC2)c2cc(-c3cn[nH]c3)ccc2n1. The van der Waals surface area contributed by atoms with Gasteiger partial charge in [0, 0.05) is 49.9 Å². The fourth-order valence-corrected chi connectivity index (χ4v) is 4.30. The fourth-order valence-electron chi connectivity index (χ4n) is 4.30. The molecule has 0 radical (unpaired) electrons. The lowest BCUT2D eigenvalue weighted by Crippen LogP contribution is -2.46. The van der Waals surface area contributed by atoms with E-state index in [1.54, 1.807) is 6.33 Å². The topological polar surface area (TPSA) is 79.4 Å². The van der Waals surface area contributed by atoms with Crippen molar-refractivity contribution >= 4 is 16.7 Å². The van der Waals surface area contributed by atoms with Gasteiger partial charge in [-0.25, -0.2) is 9.97 Å². The van der Waals surface area contributed by atoms with Crippen LogP contribution in [0.25, 0.3) is 22.0 Å². The Morgan fingerprint density at radius 2 is 1.81 bits per heavy atom. The predicted molar refractivity (Wildman–Crippen MR) is 117 cm³/mol. The minimum atomic E-state index is 0.312. The van der Waals surface area contributed by atoms with Gasteiger partial charge in [0.2, 0.25) is 6.79 Å². The number of anilines is 1. The Hall–Kier alpha value is -3.65. The van der Waals surface area contributed by atoms with Gasteiger partial charge in [0.05, 0.1) is 11.7 Å². The molecule has 0 spiro atoms. The van der Waals surface area contributed by atoms with Crippen LogP contribution in [0.4, 0.5) is 5.82 Å². The maximum atomic E-state index is 5.51. The average Bonchev–Trinajstić information content (AvgIpc) is 3.51. The highest BCUT2D eigenvalue weighted by atomic mass is 16.7. The highest BCUT2D eigenvalue weighted by Crippen LogP contribution is 2.33. The zero-order chi connectivity index (χ0) is 20.6. The minimum absolute atomic E-state index is 0.312. The number of rotatable bonds is 4. The van der Waals surface area contributed by atoms with E-state index in [1.807, 2.05) is 18.5 Å². The van der Waals surface area contributed by atoms with Crippen LogP contribution in [-0.2, 0) is 6.54 Å². The first-order chi connectivity index (χ1) is 15.3. The van der Waals surface area contributed by atoms with Gasteiger partial charge in [-0.2, -0.15) is 5.10 Å².